The third-order valence-electron chi connectivity index (χ3n) is 5.68. The first-order valence-electron chi connectivity index (χ1n) is 10.5. The van der Waals surface area contributed by atoms with E-state index in [4.69, 9.17) is 0 Å². The first kappa shape index (κ1) is 21.3. The highest BCUT2D eigenvalue weighted by atomic mass is 16.2. The Balaban J connectivity index is 1.73. The maximum Gasteiger partial charge on any atom is 0.264 e. The van der Waals surface area contributed by atoms with Crippen LogP contribution in [0.15, 0.2) is 59.7 Å². The van der Waals surface area contributed by atoms with Gasteiger partial charge in [-0.05, 0) is 35.2 Å². The molecule has 164 valence electrons. The fraction of sp³-hybridized carbons (Fsp3) is 0.250. The van der Waals surface area contributed by atoms with Crippen LogP contribution in [0, 0.1) is 0 Å². The number of anilines is 1. The van der Waals surface area contributed by atoms with Crippen molar-refractivity contribution in [1.29, 1.82) is 0 Å². The van der Waals surface area contributed by atoms with Crippen molar-refractivity contribution in [3.05, 3.63) is 93.0 Å². The zero-order valence-corrected chi connectivity index (χ0v) is 18.1. The van der Waals surface area contributed by atoms with E-state index in [1.807, 2.05) is 30.3 Å². The van der Waals surface area contributed by atoms with Crippen molar-refractivity contribution in [2.45, 2.75) is 19.5 Å². The van der Waals surface area contributed by atoms with E-state index >= 15 is 0 Å². The summed E-state index contributed by atoms with van der Waals surface area (Å²) >= 11 is 0. The minimum absolute atomic E-state index is 0.143. The second-order valence-corrected chi connectivity index (χ2v) is 7.63. The molecule has 0 fully saturated rings. The molecule has 1 aliphatic rings. The Morgan fingerprint density at radius 2 is 1.88 bits per heavy atom. The van der Waals surface area contributed by atoms with Gasteiger partial charge in [-0.25, -0.2) is 4.98 Å². The lowest BCUT2D eigenvalue weighted by Crippen LogP contribution is -2.41. The average Bonchev–Trinajstić information content (AvgIpc) is 2.84. The van der Waals surface area contributed by atoms with Crippen LogP contribution in [0.2, 0.25) is 0 Å². The van der Waals surface area contributed by atoms with Gasteiger partial charge in [-0.15, -0.1) is 0 Å². The van der Waals surface area contributed by atoms with Crippen molar-refractivity contribution >= 4 is 17.6 Å². The molecule has 2 aromatic heterocycles. The summed E-state index contributed by atoms with van der Waals surface area (Å²) in [6.45, 7) is 1.07. The van der Waals surface area contributed by atoms with Crippen LogP contribution in [0.3, 0.4) is 0 Å². The van der Waals surface area contributed by atoms with E-state index in [0.29, 0.717) is 43.0 Å². The number of amides is 2. The standard InChI is InChI=1S/C24H25N5O3/c1-25-21-19(9-6-11-27-21)23(31)28-12-10-18-17(14-28)15-29(13-16-7-4-3-5-8-16)24(32)20(18)22(30)26-2/h3-9,11,15H,10,12-14H2,1-2H3,(H,25,27)(H,26,30). The van der Waals surface area contributed by atoms with Crippen LogP contribution in [0.1, 0.15) is 37.4 Å². The van der Waals surface area contributed by atoms with Gasteiger partial charge >= 0.3 is 0 Å². The van der Waals surface area contributed by atoms with Crippen molar-refractivity contribution < 1.29 is 9.59 Å². The molecule has 0 atom stereocenters. The summed E-state index contributed by atoms with van der Waals surface area (Å²) in [7, 11) is 3.24. The van der Waals surface area contributed by atoms with Gasteiger partial charge in [-0.2, -0.15) is 0 Å². The van der Waals surface area contributed by atoms with Crippen LogP contribution >= 0.6 is 0 Å². The summed E-state index contributed by atoms with van der Waals surface area (Å²) in [6.07, 6.45) is 3.84. The summed E-state index contributed by atoms with van der Waals surface area (Å²) in [5, 5.41) is 5.54. The maximum absolute atomic E-state index is 13.2. The maximum atomic E-state index is 13.2. The summed E-state index contributed by atoms with van der Waals surface area (Å²) in [6, 6.07) is 13.1. The summed E-state index contributed by atoms with van der Waals surface area (Å²) in [4.78, 5) is 44.9. The van der Waals surface area contributed by atoms with Crippen molar-refractivity contribution in [3.63, 3.8) is 0 Å². The van der Waals surface area contributed by atoms with E-state index in [9.17, 15) is 14.4 Å². The number of nitrogens with zero attached hydrogens (tertiary/aromatic N) is 3. The Kier molecular flexibility index (Phi) is 6.02. The lowest BCUT2D eigenvalue weighted by Gasteiger charge is -2.31. The molecule has 1 aromatic carbocycles. The van der Waals surface area contributed by atoms with Crippen LogP contribution in [-0.2, 0) is 19.5 Å². The number of nitrogens with one attached hydrogen (secondary N) is 2. The minimum atomic E-state index is -0.404. The molecule has 4 rings (SSSR count). The number of carbonyl (C=O) groups is 2. The Morgan fingerprint density at radius 3 is 2.59 bits per heavy atom. The largest absolute Gasteiger partial charge is 0.372 e. The molecule has 0 saturated heterocycles. The van der Waals surface area contributed by atoms with Crippen LogP contribution in [0.4, 0.5) is 5.82 Å². The second-order valence-electron chi connectivity index (χ2n) is 7.63. The molecule has 3 aromatic rings. The van der Waals surface area contributed by atoms with Crippen LogP contribution in [0.5, 0.6) is 0 Å². The van der Waals surface area contributed by atoms with Gasteiger partial charge in [0.05, 0.1) is 12.1 Å². The fourth-order valence-electron chi connectivity index (χ4n) is 4.09. The van der Waals surface area contributed by atoms with Crippen molar-refractivity contribution in [3.8, 4) is 0 Å². The number of hydrogen-bond donors (Lipinski definition) is 2. The third-order valence-corrected chi connectivity index (χ3v) is 5.68. The Labute approximate surface area is 185 Å². The lowest BCUT2D eigenvalue weighted by atomic mass is 9.95. The van der Waals surface area contributed by atoms with Crippen LogP contribution in [0.25, 0.3) is 0 Å². The molecule has 0 bridgehead atoms. The van der Waals surface area contributed by atoms with Gasteiger partial charge in [0.1, 0.15) is 11.4 Å². The Hall–Kier alpha value is -3.94. The quantitative estimate of drug-likeness (QED) is 0.643. The lowest BCUT2D eigenvalue weighted by molar-refractivity contribution is 0.0734. The van der Waals surface area contributed by atoms with Crippen molar-refractivity contribution in [1.82, 2.24) is 19.8 Å². The molecule has 2 amide bonds. The SMILES string of the molecule is CNC(=O)c1c2c(cn(Cc3ccccc3)c1=O)CN(C(=O)c1cccnc1NC)CC2. The number of fused-ring (bicyclic) bond motifs is 1. The van der Waals surface area contributed by atoms with E-state index in [1.165, 1.54) is 7.05 Å². The summed E-state index contributed by atoms with van der Waals surface area (Å²) < 4.78 is 1.55. The molecule has 0 aliphatic carbocycles. The molecule has 8 nitrogen and oxygen atoms in total. The molecule has 2 N–H and O–H groups in total. The molecule has 0 spiro atoms. The molecular formula is C24H25N5O3. The van der Waals surface area contributed by atoms with Gasteiger partial charge in [0.25, 0.3) is 17.4 Å². The highest BCUT2D eigenvalue weighted by Gasteiger charge is 2.29. The Morgan fingerprint density at radius 1 is 1.09 bits per heavy atom. The van der Waals surface area contributed by atoms with E-state index in [2.05, 4.69) is 15.6 Å². The molecular weight excluding hydrogens is 406 g/mol. The van der Waals surface area contributed by atoms with E-state index in [0.717, 1.165) is 11.1 Å². The van der Waals surface area contributed by atoms with E-state index in [1.54, 1.807) is 41.0 Å². The second kappa shape index (κ2) is 9.05. The van der Waals surface area contributed by atoms with Gasteiger partial charge in [0, 0.05) is 39.6 Å². The van der Waals surface area contributed by atoms with E-state index in [-0.39, 0.29) is 17.0 Å². The summed E-state index contributed by atoms with van der Waals surface area (Å²) in [5.74, 6) is -0.0306. The first-order chi connectivity index (χ1) is 15.5. The minimum Gasteiger partial charge on any atom is -0.372 e. The average molecular weight is 431 g/mol. The van der Waals surface area contributed by atoms with Crippen LogP contribution < -0.4 is 16.2 Å². The monoisotopic (exact) mass is 431 g/mol. The van der Waals surface area contributed by atoms with Gasteiger partial charge in [-0.1, -0.05) is 30.3 Å². The third kappa shape index (κ3) is 3.99. The van der Waals surface area contributed by atoms with Crippen molar-refractivity contribution in [2.24, 2.45) is 0 Å². The normalized spacial score (nSPS) is 12.8. The highest BCUT2D eigenvalue weighted by molar-refractivity contribution is 5.99. The molecule has 0 saturated carbocycles. The zero-order valence-electron chi connectivity index (χ0n) is 18.1. The first-order valence-corrected chi connectivity index (χ1v) is 10.5. The number of aromatic nitrogens is 2. The number of pyridine rings is 2. The van der Waals surface area contributed by atoms with Crippen LogP contribution in [-0.4, -0.2) is 46.9 Å². The highest BCUT2D eigenvalue weighted by Crippen LogP contribution is 2.24. The predicted octanol–water partition coefficient (Wildman–Crippen LogP) is 1.89. The number of benzene rings is 1. The smallest absolute Gasteiger partial charge is 0.264 e. The van der Waals surface area contributed by atoms with Gasteiger partial charge in [-0.3, -0.25) is 14.4 Å². The molecule has 3 heterocycles. The number of carbonyl (C=O) groups excluding carboxylic acids is 2. The van der Waals surface area contributed by atoms with E-state index < -0.39 is 5.91 Å². The van der Waals surface area contributed by atoms with Crippen molar-refractivity contribution in [2.75, 3.05) is 26.0 Å². The molecule has 32 heavy (non-hydrogen) atoms. The van der Waals surface area contributed by atoms with Gasteiger partial charge in [0.15, 0.2) is 0 Å². The molecule has 0 unspecified atom stereocenters. The fourth-order valence-corrected chi connectivity index (χ4v) is 4.09. The number of hydrogen-bond acceptors (Lipinski definition) is 5. The van der Waals surface area contributed by atoms with Gasteiger partial charge in [0.2, 0.25) is 0 Å². The molecule has 0 radical (unpaired) electrons. The topological polar surface area (TPSA) is 96.3 Å². The number of rotatable bonds is 5. The predicted molar refractivity (Wildman–Crippen MR) is 122 cm³/mol. The Bertz CT molecular complexity index is 1220. The zero-order chi connectivity index (χ0) is 22.7. The van der Waals surface area contributed by atoms with Gasteiger partial charge < -0.3 is 20.1 Å². The summed E-state index contributed by atoms with van der Waals surface area (Å²) in [5.41, 5.74) is 2.79. The molecule has 1 aliphatic heterocycles. The molecule has 8 heteroatoms.